The van der Waals surface area contributed by atoms with Gasteiger partial charge in [0.2, 0.25) is 0 Å². The molecule has 0 aliphatic heterocycles. The molecule has 1 aromatic carbocycles. The minimum Gasteiger partial charge on any atom is -0.329 e. The molecule has 1 N–H and O–H groups in total. The number of anilines is 2. The summed E-state index contributed by atoms with van der Waals surface area (Å²) in [5, 5.41) is 3.07. The Morgan fingerprint density at radius 1 is 1.28 bits per heavy atom. The van der Waals surface area contributed by atoms with Gasteiger partial charge in [-0.3, -0.25) is 0 Å². The van der Waals surface area contributed by atoms with Crippen LogP contribution in [0.1, 0.15) is 5.56 Å². The first-order valence-corrected chi connectivity index (χ1v) is 5.79. The highest BCUT2D eigenvalue weighted by molar-refractivity contribution is 5.58. The Hall–Kier alpha value is -1.94. The molecule has 1 heterocycles. The van der Waals surface area contributed by atoms with Gasteiger partial charge in [-0.15, -0.1) is 0 Å². The van der Waals surface area contributed by atoms with Gasteiger partial charge in [0.1, 0.15) is 11.6 Å². The molecule has 4 heteroatoms. The maximum absolute atomic E-state index is 13.2. The molecule has 0 saturated carbocycles. The average molecular weight is 245 g/mol. The van der Waals surface area contributed by atoms with Gasteiger partial charge in [-0.2, -0.15) is 0 Å². The van der Waals surface area contributed by atoms with Crippen molar-refractivity contribution in [3.63, 3.8) is 0 Å². The predicted molar refractivity (Wildman–Crippen MR) is 71.5 cm³/mol. The Morgan fingerprint density at radius 3 is 2.72 bits per heavy atom. The number of nitrogens with one attached hydrogen (secondary N) is 1. The van der Waals surface area contributed by atoms with E-state index in [0.29, 0.717) is 0 Å². The second-order valence-corrected chi connectivity index (χ2v) is 4.09. The van der Waals surface area contributed by atoms with E-state index in [4.69, 9.17) is 0 Å². The minimum absolute atomic E-state index is 0.244. The fourth-order valence-electron chi connectivity index (χ4n) is 1.74. The van der Waals surface area contributed by atoms with Gasteiger partial charge < -0.3 is 10.2 Å². The maximum Gasteiger partial charge on any atom is 0.132 e. The standard InChI is InChI=1S/C14H16FN3/c1-16-9-11-6-7-14(17-10-11)18(2)13-5-3-4-12(15)8-13/h3-8,10,16H,9H2,1-2H3. The van der Waals surface area contributed by atoms with E-state index in [1.165, 1.54) is 12.1 Å². The second kappa shape index (κ2) is 5.60. The van der Waals surface area contributed by atoms with Crippen molar-refractivity contribution in [2.75, 3.05) is 19.0 Å². The van der Waals surface area contributed by atoms with E-state index in [-0.39, 0.29) is 5.82 Å². The zero-order chi connectivity index (χ0) is 13.0. The normalized spacial score (nSPS) is 10.4. The van der Waals surface area contributed by atoms with Gasteiger partial charge in [0.05, 0.1) is 0 Å². The van der Waals surface area contributed by atoms with Crippen molar-refractivity contribution in [1.82, 2.24) is 10.3 Å². The third-order valence-corrected chi connectivity index (χ3v) is 2.73. The highest BCUT2D eigenvalue weighted by Gasteiger charge is 2.05. The summed E-state index contributed by atoms with van der Waals surface area (Å²) in [5.41, 5.74) is 1.90. The first-order valence-electron chi connectivity index (χ1n) is 5.79. The first kappa shape index (κ1) is 12.5. The van der Waals surface area contributed by atoms with Crippen molar-refractivity contribution in [3.05, 3.63) is 54.0 Å². The molecule has 0 unspecified atom stereocenters. The summed E-state index contributed by atoms with van der Waals surface area (Å²) in [7, 11) is 3.77. The number of aromatic nitrogens is 1. The Balaban J connectivity index is 2.20. The van der Waals surface area contributed by atoms with Gasteiger partial charge in [0, 0.05) is 25.5 Å². The zero-order valence-electron chi connectivity index (χ0n) is 10.5. The summed E-state index contributed by atoms with van der Waals surface area (Å²) in [6, 6.07) is 10.4. The summed E-state index contributed by atoms with van der Waals surface area (Å²) in [6.45, 7) is 0.789. The molecule has 3 nitrogen and oxygen atoms in total. The molecule has 0 saturated heterocycles. The summed E-state index contributed by atoms with van der Waals surface area (Å²) in [5.74, 6) is 0.548. The van der Waals surface area contributed by atoms with Crippen molar-refractivity contribution in [3.8, 4) is 0 Å². The van der Waals surface area contributed by atoms with Crippen LogP contribution in [0.2, 0.25) is 0 Å². The molecule has 0 spiro atoms. The van der Waals surface area contributed by atoms with Crippen LogP contribution in [0.5, 0.6) is 0 Å². The Morgan fingerprint density at radius 2 is 2.11 bits per heavy atom. The quantitative estimate of drug-likeness (QED) is 0.897. The largest absolute Gasteiger partial charge is 0.329 e. The van der Waals surface area contributed by atoms with E-state index in [1.54, 1.807) is 6.07 Å². The van der Waals surface area contributed by atoms with Gasteiger partial charge >= 0.3 is 0 Å². The monoisotopic (exact) mass is 245 g/mol. The van der Waals surface area contributed by atoms with Crippen LogP contribution in [0.15, 0.2) is 42.6 Å². The predicted octanol–water partition coefficient (Wildman–Crippen LogP) is 2.71. The zero-order valence-corrected chi connectivity index (χ0v) is 10.5. The van der Waals surface area contributed by atoms with E-state index in [1.807, 2.05) is 43.4 Å². The van der Waals surface area contributed by atoms with Crippen molar-refractivity contribution < 1.29 is 4.39 Å². The van der Waals surface area contributed by atoms with Gasteiger partial charge in [0.15, 0.2) is 0 Å². The lowest BCUT2D eigenvalue weighted by atomic mass is 10.2. The highest BCUT2D eigenvalue weighted by atomic mass is 19.1. The Bertz CT molecular complexity index is 511. The van der Waals surface area contributed by atoms with E-state index < -0.39 is 0 Å². The molecular formula is C14H16FN3. The van der Waals surface area contributed by atoms with Crippen LogP contribution >= 0.6 is 0 Å². The smallest absolute Gasteiger partial charge is 0.132 e. The topological polar surface area (TPSA) is 28.2 Å². The Labute approximate surface area is 106 Å². The molecular weight excluding hydrogens is 229 g/mol. The van der Waals surface area contributed by atoms with E-state index >= 15 is 0 Å². The van der Waals surface area contributed by atoms with Crippen molar-refractivity contribution in [1.29, 1.82) is 0 Å². The number of halogens is 1. The number of benzene rings is 1. The first-order chi connectivity index (χ1) is 8.70. The van der Waals surface area contributed by atoms with Crippen LogP contribution in [-0.4, -0.2) is 19.1 Å². The minimum atomic E-state index is -0.244. The molecule has 18 heavy (non-hydrogen) atoms. The van der Waals surface area contributed by atoms with Crippen LogP contribution in [-0.2, 0) is 6.54 Å². The van der Waals surface area contributed by atoms with E-state index in [0.717, 1.165) is 23.6 Å². The highest BCUT2D eigenvalue weighted by Crippen LogP contribution is 2.22. The van der Waals surface area contributed by atoms with Crippen molar-refractivity contribution in [2.24, 2.45) is 0 Å². The van der Waals surface area contributed by atoms with Crippen molar-refractivity contribution >= 4 is 11.5 Å². The summed E-state index contributed by atoms with van der Waals surface area (Å²) in [6.07, 6.45) is 1.82. The molecule has 1 aromatic heterocycles. The molecule has 2 aromatic rings. The van der Waals surface area contributed by atoms with Gasteiger partial charge in [0.25, 0.3) is 0 Å². The number of hydrogen-bond donors (Lipinski definition) is 1. The molecule has 0 aliphatic rings. The molecule has 0 fully saturated rings. The lowest BCUT2D eigenvalue weighted by Gasteiger charge is -2.18. The lowest BCUT2D eigenvalue weighted by molar-refractivity contribution is 0.628. The number of hydrogen-bond acceptors (Lipinski definition) is 3. The Kier molecular flexibility index (Phi) is 3.89. The van der Waals surface area contributed by atoms with Gasteiger partial charge in [-0.05, 0) is 36.9 Å². The third kappa shape index (κ3) is 2.84. The molecule has 0 radical (unpaired) electrons. The van der Waals surface area contributed by atoms with Crippen molar-refractivity contribution in [2.45, 2.75) is 6.54 Å². The molecule has 2 rings (SSSR count). The van der Waals surface area contributed by atoms with E-state index in [2.05, 4.69) is 10.3 Å². The van der Waals surface area contributed by atoms with Gasteiger partial charge in [-0.1, -0.05) is 12.1 Å². The van der Waals surface area contributed by atoms with Gasteiger partial charge in [-0.25, -0.2) is 9.37 Å². The average Bonchev–Trinajstić information content (AvgIpc) is 2.39. The SMILES string of the molecule is CNCc1ccc(N(C)c2cccc(F)c2)nc1. The van der Waals surface area contributed by atoms with Crippen LogP contribution in [0.4, 0.5) is 15.9 Å². The second-order valence-electron chi connectivity index (χ2n) is 4.09. The fourth-order valence-corrected chi connectivity index (χ4v) is 1.74. The molecule has 0 amide bonds. The third-order valence-electron chi connectivity index (χ3n) is 2.73. The van der Waals surface area contributed by atoms with Crippen LogP contribution in [0.3, 0.4) is 0 Å². The molecule has 94 valence electrons. The molecule has 0 bridgehead atoms. The maximum atomic E-state index is 13.2. The summed E-state index contributed by atoms with van der Waals surface area (Å²) < 4.78 is 13.2. The lowest BCUT2D eigenvalue weighted by Crippen LogP contribution is -2.12. The summed E-state index contributed by atoms with van der Waals surface area (Å²) in [4.78, 5) is 6.22. The van der Waals surface area contributed by atoms with Crippen LogP contribution in [0.25, 0.3) is 0 Å². The molecule has 0 aliphatic carbocycles. The fraction of sp³-hybridized carbons (Fsp3) is 0.214. The number of pyridine rings is 1. The van der Waals surface area contributed by atoms with Crippen LogP contribution in [0, 0.1) is 5.82 Å². The number of nitrogens with zero attached hydrogens (tertiary/aromatic N) is 2. The molecule has 0 atom stereocenters. The number of rotatable bonds is 4. The summed E-state index contributed by atoms with van der Waals surface area (Å²) >= 11 is 0. The van der Waals surface area contributed by atoms with Crippen LogP contribution < -0.4 is 10.2 Å². The van der Waals surface area contributed by atoms with E-state index in [9.17, 15) is 4.39 Å².